The van der Waals surface area contributed by atoms with Gasteiger partial charge in [-0.1, -0.05) is 13.8 Å². The molecule has 0 saturated heterocycles. The number of nitrogens with zero attached hydrogens (tertiary/aromatic N) is 5. The minimum Gasteiger partial charge on any atom is -0.494 e. The van der Waals surface area contributed by atoms with E-state index in [-0.39, 0.29) is 23.4 Å². The first-order valence-corrected chi connectivity index (χ1v) is 12.4. The van der Waals surface area contributed by atoms with Crippen molar-refractivity contribution in [3.63, 3.8) is 0 Å². The summed E-state index contributed by atoms with van der Waals surface area (Å²) < 4.78 is 2.66. The number of hydrogen-bond acceptors (Lipinski definition) is 6. The van der Waals surface area contributed by atoms with E-state index < -0.39 is 17.3 Å². The van der Waals surface area contributed by atoms with E-state index >= 15 is 0 Å². The minimum atomic E-state index is -0.707. The molecule has 0 bridgehead atoms. The molecule has 2 N–H and O–H groups in total. The molecule has 0 radical (unpaired) electrons. The first kappa shape index (κ1) is 24.3. The summed E-state index contributed by atoms with van der Waals surface area (Å²) in [5.74, 6) is -1.18. The van der Waals surface area contributed by atoms with Crippen molar-refractivity contribution in [3.8, 4) is 11.9 Å². The standard InChI is InChI=1S/C27H28N6O4/c1-15(2)14-32-25-20(7-9-22(34)31-11-10-18-12-17(13-28)4-8-21(18)31)16(3)30-33(25)27(37)23(26(32)36)24(35)29-19-5-6-19/h4,7-9,12,15,19,36H,5-6,10-11,14H2,1-3H3,(H,29,35). The quantitative estimate of drug-likeness (QED) is 0.500. The Kier molecular flexibility index (Phi) is 6.07. The molecule has 2 aromatic heterocycles. The molecule has 0 atom stereocenters. The van der Waals surface area contributed by atoms with Gasteiger partial charge in [-0.2, -0.15) is 14.9 Å². The molecule has 3 aromatic rings. The number of nitriles is 1. The number of aromatic hydroxyl groups is 1. The van der Waals surface area contributed by atoms with E-state index in [4.69, 9.17) is 5.26 Å². The molecule has 1 saturated carbocycles. The summed E-state index contributed by atoms with van der Waals surface area (Å²) in [5.41, 5.74) is 2.54. The first-order valence-electron chi connectivity index (χ1n) is 12.4. The number of anilines is 1. The number of nitrogens with one attached hydrogen (secondary N) is 1. The fourth-order valence-corrected chi connectivity index (χ4v) is 4.73. The highest BCUT2D eigenvalue weighted by molar-refractivity contribution is 6.05. The molecule has 5 rings (SSSR count). The highest BCUT2D eigenvalue weighted by Gasteiger charge is 2.30. The van der Waals surface area contributed by atoms with Crippen molar-refractivity contribution in [1.29, 1.82) is 5.26 Å². The van der Waals surface area contributed by atoms with E-state index in [1.54, 1.807) is 36.1 Å². The van der Waals surface area contributed by atoms with E-state index in [9.17, 15) is 19.5 Å². The van der Waals surface area contributed by atoms with Crippen LogP contribution in [0.5, 0.6) is 5.88 Å². The normalized spacial score (nSPS) is 14.9. The van der Waals surface area contributed by atoms with Crippen LogP contribution in [0.25, 0.3) is 11.7 Å². The van der Waals surface area contributed by atoms with Crippen LogP contribution in [0.3, 0.4) is 0 Å². The van der Waals surface area contributed by atoms with Gasteiger partial charge in [0, 0.05) is 36.5 Å². The molecule has 1 aliphatic heterocycles. The lowest BCUT2D eigenvalue weighted by Gasteiger charge is -2.17. The van der Waals surface area contributed by atoms with Crippen LogP contribution in [0.4, 0.5) is 5.69 Å². The maximum absolute atomic E-state index is 13.3. The Bertz CT molecular complexity index is 1570. The summed E-state index contributed by atoms with van der Waals surface area (Å²) in [7, 11) is 0. The molecule has 3 heterocycles. The third-order valence-corrected chi connectivity index (χ3v) is 6.67. The van der Waals surface area contributed by atoms with Crippen molar-refractivity contribution in [3.05, 3.63) is 62.6 Å². The van der Waals surface area contributed by atoms with Crippen LogP contribution >= 0.6 is 0 Å². The van der Waals surface area contributed by atoms with Crippen LogP contribution < -0.4 is 15.8 Å². The van der Waals surface area contributed by atoms with Crippen molar-refractivity contribution in [2.75, 3.05) is 11.4 Å². The van der Waals surface area contributed by atoms with Crippen molar-refractivity contribution >= 4 is 29.2 Å². The number of carbonyl (C=O) groups excluding carboxylic acids is 2. The number of aryl methyl sites for hydroxylation is 1. The summed E-state index contributed by atoms with van der Waals surface area (Å²) in [4.78, 5) is 40.9. The molecule has 1 aliphatic carbocycles. The predicted octanol–water partition coefficient (Wildman–Crippen LogP) is 2.53. The Morgan fingerprint density at radius 1 is 1.32 bits per heavy atom. The van der Waals surface area contributed by atoms with Crippen molar-refractivity contribution < 1.29 is 14.7 Å². The number of aromatic nitrogens is 3. The van der Waals surface area contributed by atoms with Gasteiger partial charge in [0.1, 0.15) is 5.65 Å². The Labute approximate surface area is 213 Å². The Balaban J connectivity index is 1.56. The molecule has 37 heavy (non-hydrogen) atoms. The molecule has 10 nitrogen and oxygen atoms in total. The van der Waals surface area contributed by atoms with Gasteiger partial charge in [0.05, 0.1) is 17.3 Å². The summed E-state index contributed by atoms with van der Waals surface area (Å²) in [6, 6.07) is 7.40. The van der Waals surface area contributed by atoms with Gasteiger partial charge in [0.2, 0.25) is 5.88 Å². The van der Waals surface area contributed by atoms with Gasteiger partial charge in [-0.15, -0.1) is 0 Å². The van der Waals surface area contributed by atoms with Crippen LogP contribution in [0.1, 0.15) is 59.4 Å². The smallest absolute Gasteiger partial charge is 0.291 e. The molecule has 10 heteroatoms. The molecule has 2 aliphatic rings. The third kappa shape index (κ3) is 4.37. The average molecular weight is 501 g/mol. The molecular formula is C27H28N6O4. The lowest BCUT2D eigenvalue weighted by Crippen LogP contribution is -2.34. The van der Waals surface area contributed by atoms with Crippen molar-refractivity contribution in [2.24, 2.45) is 5.92 Å². The largest absolute Gasteiger partial charge is 0.494 e. The van der Waals surface area contributed by atoms with Crippen LogP contribution in [0.2, 0.25) is 0 Å². The predicted molar refractivity (Wildman–Crippen MR) is 137 cm³/mol. The second-order valence-corrected chi connectivity index (χ2v) is 10.0. The number of benzene rings is 1. The van der Waals surface area contributed by atoms with Gasteiger partial charge in [-0.3, -0.25) is 19.0 Å². The second-order valence-electron chi connectivity index (χ2n) is 10.0. The fraction of sp³-hybridized carbons (Fsp3) is 0.370. The zero-order valence-corrected chi connectivity index (χ0v) is 21.0. The van der Waals surface area contributed by atoms with E-state index in [1.807, 2.05) is 13.8 Å². The van der Waals surface area contributed by atoms with Gasteiger partial charge in [0.15, 0.2) is 5.56 Å². The number of rotatable bonds is 6. The minimum absolute atomic E-state index is 0.0200. The number of fused-ring (bicyclic) bond motifs is 2. The molecule has 190 valence electrons. The van der Waals surface area contributed by atoms with Gasteiger partial charge in [-0.05, 0) is 61.9 Å². The third-order valence-electron chi connectivity index (χ3n) is 6.67. The maximum atomic E-state index is 13.3. The van der Waals surface area contributed by atoms with E-state index in [1.165, 1.54) is 10.6 Å². The lowest BCUT2D eigenvalue weighted by atomic mass is 10.1. The van der Waals surface area contributed by atoms with Crippen molar-refractivity contribution in [1.82, 2.24) is 19.5 Å². The Morgan fingerprint density at radius 3 is 2.76 bits per heavy atom. The second kappa shape index (κ2) is 9.24. The van der Waals surface area contributed by atoms with Crippen molar-refractivity contribution in [2.45, 2.75) is 52.6 Å². The molecule has 1 fully saturated rings. The molecule has 0 unspecified atom stereocenters. The molecule has 2 amide bonds. The number of amides is 2. The van der Waals surface area contributed by atoms with Gasteiger partial charge in [0.25, 0.3) is 17.4 Å². The highest BCUT2D eigenvalue weighted by atomic mass is 16.3. The molecule has 1 aromatic carbocycles. The van der Waals surface area contributed by atoms with Gasteiger partial charge in [-0.25, -0.2) is 0 Å². The zero-order chi connectivity index (χ0) is 26.4. The Hall–Kier alpha value is -4.39. The van der Waals surface area contributed by atoms with E-state index in [0.717, 1.165) is 28.6 Å². The fourth-order valence-electron chi connectivity index (χ4n) is 4.73. The number of carbonyl (C=O) groups is 2. The van der Waals surface area contributed by atoms with Crippen LogP contribution in [0, 0.1) is 24.2 Å². The Morgan fingerprint density at radius 2 is 2.08 bits per heavy atom. The summed E-state index contributed by atoms with van der Waals surface area (Å²) in [6.45, 7) is 6.47. The monoisotopic (exact) mass is 500 g/mol. The SMILES string of the molecule is Cc1nn2c(=O)c(C(=O)NC3CC3)c(O)n(CC(C)C)c2c1C=CC(=O)N1CCc2cc(C#N)ccc21. The lowest BCUT2D eigenvalue weighted by molar-refractivity contribution is -0.114. The van der Waals surface area contributed by atoms with Gasteiger partial charge >= 0.3 is 0 Å². The first-order chi connectivity index (χ1) is 17.7. The number of hydrogen-bond donors (Lipinski definition) is 2. The maximum Gasteiger partial charge on any atom is 0.291 e. The van der Waals surface area contributed by atoms with Crippen LogP contribution in [0.15, 0.2) is 29.1 Å². The highest BCUT2D eigenvalue weighted by Crippen LogP contribution is 2.30. The summed E-state index contributed by atoms with van der Waals surface area (Å²) in [5, 5.41) is 27.4. The van der Waals surface area contributed by atoms with E-state index in [0.29, 0.717) is 42.0 Å². The zero-order valence-electron chi connectivity index (χ0n) is 21.0. The topological polar surface area (TPSA) is 133 Å². The molecule has 0 spiro atoms. The van der Waals surface area contributed by atoms with Crippen LogP contribution in [-0.2, 0) is 17.8 Å². The van der Waals surface area contributed by atoms with Crippen LogP contribution in [-0.4, -0.2) is 43.7 Å². The van der Waals surface area contributed by atoms with E-state index in [2.05, 4.69) is 16.5 Å². The summed E-state index contributed by atoms with van der Waals surface area (Å²) in [6.07, 6.45) is 5.38. The average Bonchev–Trinajstić information content (AvgIpc) is 3.46. The molecular weight excluding hydrogens is 472 g/mol. The van der Waals surface area contributed by atoms with Gasteiger partial charge < -0.3 is 15.3 Å². The summed E-state index contributed by atoms with van der Waals surface area (Å²) >= 11 is 0.